The fourth-order valence-corrected chi connectivity index (χ4v) is 1.14. The number of nitro benzene ring substituents is 1. The molecule has 0 N–H and O–H groups in total. The summed E-state index contributed by atoms with van der Waals surface area (Å²) in [4.78, 5) is 10.2. The van der Waals surface area contributed by atoms with Crippen molar-refractivity contribution >= 4 is 5.69 Å². The molecule has 0 aromatic heterocycles. The van der Waals surface area contributed by atoms with E-state index in [4.69, 9.17) is 0 Å². The molecule has 78 valence electrons. The summed E-state index contributed by atoms with van der Waals surface area (Å²) in [6, 6.07) is 6.84. The van der Waals surface area contributed by atoms with Crippen molar-refractivity contribution in [3.05, 3.63) is 39.9 Å². The monoisotopic (exact) mass is 195 g/mol. The van der Waals surface area contributed by atoms with Gasteiger partial charge < -0.3 is 0 Å². The first kappa shape index (κ1) is 12.6. The molecule has 14 heavy (non-hydrogen) atoms. The van der Waals surface area contributed by atoms with Crippen molar-refractivity contribution in [3.8, 4) is 0 Å². The lowest BCUT2D eigenvalue weighted by Crippen LogP contribution is -1.96. The van der Waals surface area contributed by atoms with Crippen LogP contribution >= 0.6 is 0 Å². The quantitative estimate of drug-likeness (QED) is 0.533. The van der Waals surface area contributed by atoms with Crippen LogP contribution in [-0.2, 0) is 0 Å². The zero-order valence-corrected chi connectivity index (χ0v) is 9.15. The molecule has 1 aromatic carbocycles. The molecule has 0 saturated heterocycles. The van der Waals surface area contributed by atoms with Crippen molar-refractivity contribution in [2.45, 2.75) is 33.6 Å². The van der Waals surface area contributed by atoms with Gasteiger partial charge in [-0.2, -0.15) is 0 Å². The Morgan fingerprint density at radius 1 is 1.21 bits per heavy atom. The van der Waals surface area contributed by atoms with Gasteiger partial charge in [-0.1, -0.05) is 45.9 Å². The second-order valence-electron chi connectivity index (χ2n) is 2.97. The lowest BCUT2D eigenvalue weighted by Gasteiger charge is -2.04. The van der Waals surface area contributed by atoms with Crippen LogP contribution in [-0.4, -0.2) is 4.92 Å². The molecule has 0 atom stereocenters. The van der Waals surface area contributed by atoms with Gasteiger partial charge in [-0.3, -0.25) is 10.1 Å². The van der Waals surface area contributed by atoms with Crippen molar-refractivity contribution in [3.63, 3.8) is 0 Å². The molecule has 0 aliphatic heterocycles. The number of benzene rings is 1. The van der Waals surface area contributed by atoms with Crippen LogP contribution in [0, 0.1) is 10.1 Å². The summed E-state index contributed by atoms with van der Waals surface area (Å²) < 4.78 is 0. The smallest absolute Gasteiger partial charge is 0.258 e. The predicted octanol–water partition coefficient (Wildman–Crippen LogP) is 3.74. The maximum atomic E-state index is 10.5. The van der Waals surface area contributed by atoms with E-state index in [1.165, 1.54) is 6.07 Å². The van der Waals surface area contributed by atoms with Crippen molar-refractivity contribution in [1.29, 1.82) is 0 Å². The first-order valence-corrected chi connectivity index (χ1v) is 4.86. The topological polar surface area (TPSA) is 43.1 Å². The molecular weight excluding hydrogens is 178 g/mol. The summed E-state index contributed by atoms with van der Waals surface area (Å²) in [7, 11) is 0. The average molecular weight is 195 g/mol. The largest absolute Gasteiger partial charge is 0.272 e. The highest BCUT2D eigenvalue weighted by molar-refractivity contribution is 5.41. The maximum Gasteiger partial charge on any atom is 0.272 e. The number of hydrogen-bond acceptors (Lipinski definition) is 2. The highest BCUT2D eigenvalue weighted by Gasteiger charge is 2.13. The summed E-state index contributed by atoms with van der Waals surface area (Å²) in [5, 5.41) is 10.5. The number of hydrogen-bond donors (Lipinski definition) is 0. The summed E-state index contributed by atoms with van der Waals surface area (Å²) >= 11 is 0. The SMILES string of the molecule is CC.CC(C)c1ccccc1[N+](=O)[O-]. The van der Waals surface area contributed by atoms with E-state index in [1.54, 1.807) is 12.1 Å². The van der Waals surface area contributed by atoms with Crippen molar-refractivity contribution in [2.75, 3.05) is 0 Å². The minimum atomic E-state index is -0.338. The van der Waals surface area contributed by atoms with Gasteiger partial charge in [0.05, 0.1) is 4.92 Å². The van der Waals surface area contributed by atoms with Gasteiger partial charge in [0, 0.05) is 11.6 Å². The molecule has 1 rings (SSSR count). The molecule has 0 aliphatic carbocycles. The second-order valence-corrected chi connectivity index (χ2v) is 2.97. The Bertz CT molecular complexity index is 295. The molecule has 0 heterocycles. The van der Waals surface area contributed by atoms with Crippen LogP contribution in [0.25, 0.3) is 0 Å². The Labute approximate surface area is 84.9 Å². The first-order chi connectivity index (χ1) is 6.63. The van der Waals surface area contributed by atoms with Crippen molar-refractivity contribution in [1.82, 2.24) is 0 Å². The van der Waals surface area contributed by atoms with E-state index in [-0.39, 0.29) is 16.5 Å². The molecule has 0 aliphatic rings. The molecule has 0 saturated carbocycles. The highest BCUT2D eigenvalue weighted by Crippen LogP contribution is 2.24. The van der Waals surface area contributed by atoms with E-state index in [9.17, 15) is 10.1 Å². The molecule has 0 fully saturated rings. The Morgan fingerprint density at radius 2 is 1.71 bits per heavy atom. The maximum absolute atomic E-state index is 10.5. The molecule has 3 nitrogen and oxygen atoms in total. The molecular formula is C11H17NO2. The molecule has 0 amide bonds. The lowest BCUT2D eigenvalue weighted by atomic mass is 10.0. The van der Waals surface area contributed by atoms with E-state index in [0.717, 1.165) is 5.56 Å². The molecule has 0 spiro atoms. The third kappa shape index (κ3) is 3.17. The predicted molar refractivity (Wildman–Crippen MR) is 58.5 cm³/mol. The van der Waals surface area contributed by atoms with E-state index < -0.39 is 0 Å². The Hall–Kier alpha value is -1.38. The van der Waals surface area contributed by atoms with Crippen LogP contribution in [0.15, 0.2) is 24.3 Å². The van der Waals surface area contributed by atoms with Gasteiger partial charge in [-0.05, 0) is 5.92 Å². The van der Waals surface area contributed by atoms with Crippen LogP contribution in [0.2, 0.25) is 0 Å². The summed E-state index contributed by atoms with van der Waals surface area (Å²) in [5.41, 5.74) is 1.01. The second kappa shape index (κ2) is 6.13. The van der Waals surface area contributed by atoms with Crippen molar-refractivity contribution < 1.29 is 4.92 Å². The summed E-state index contributed by atoms with van der Waals surface area (Å²) in [5.74, 6) is 0.201. The number of para-hydroxylation sites is 1. The fourth-order valence-electron chi connectivity index (χ4n) is 1.14. The Kier molecular flexibility index (Phi) is 5.53. The Balaban J connectivity index is 0.000000791. The normalized spacial score (nSPS) is 9.21. The van der Waals surface area contributed by atoms with E-state index in [2.05, 4.69) is 0 Å². The van der Waals surface area contributed by atoms with Gasteiger partial charge in [-0.25, -0.2) is 0 Å². The molecule has 0 radical (unpaired) electrons. The standard InChI is InChI=1S/C9H11NO2.C2H6/c1-7(2)8-5-3-4-6-9(8)10(11)12;1-2/h3-7H,1-2H3;1-2H3. The molecule has 0 bridgehead atoms. The van der Waals surface area contributed by atoms with Gasteiger partial charge in [0.2, 0.25) is 0 Å². The average Bonchev–Trinajstić information content (AvgIpc) is 2.20. The van der Waals surface area contributed by atoms with Crippen LogP contribution < -0.4 is 0 Å². The fraction of sp³-hybridized carbons (Fsp3) is 0.455. The summed E-state index contributed by atoms with van der Waals surface area (Å²) in [6.45, 7) is 7.89. The van der Waals surface area contributed by atoms with Crippen LogP contribution in [0.1, 0.15) is 39.2 Å². The number of nitro groups is 1. The highest BCUT2D eigenvalue weighted by atomic mass is 16.6. The molecule has 0 unspecified atom stereocenters. The van der Waals surface area contributed by atoms with Crippen LogP contribution in [0.4, 0.5) is 5.69 Å². The van der Waals surface area contributed by atoms with Crippen LogP contribution in [0.5, 0.6) is 0 Å². The van der Waals surface area contributed by atoms with Crippen LogP contribution in [0.3, 0.4) is 0 Å². The van der Waals surface area contributed by atoms with E-state index in [1.807, 2.05) is 33.8 Å². The van der Waals surface area contributed by atoms with Gasteiger partial charge in [0.25, 0.3) is 5.69 Å². The first-order valence-electron chi connectivity index (χ1n) is 4.86. The lowest BCUT2D eigenvalue weighted by molar-refractivity contribution is -0.385. The molecule has 3 heteroatoms. The zero-order valence-electron chi connectivity index (χ0n) is 9.15. The number of rotatable bonds is 2. The van der Waals surface area contributed by atoms with Gasteiger partial charge in [0.15, 0.2) is 0 Å². The number of nitrogens with zero attached hydrogens (tertiary/aromatic N) is 1. The minimum absolute atomic E-state index is 0.201. The van der Waals surface area contributed by atoms with Crippen molar-refractivity contribution in [2.24, 2.45) is 0 Å². The van der Waals surface area contributed by atoms with E-state index in [0.29, 0.717) is 0 Å². The third-order valence-electron chi connectivity index (χ3n) is 1.76. The van der Waals surface area contributed by atoms with Gasteiger partial charge >= 0.3 is 0 Å². The van der Waals surface area contributed by atoms with Gasteiger partial charge in [-0.15, -0.1) is 0 Å². The third-order valence-corrected chi connectivity index (χ3v) is 1.76. The minimum Gasteiger partial charge on any atom is -0.258 e. The van der Waals surface area contributed by atoms with E-state index >= 15 is 0 Å². The summed E-state index contributed by atoms with van der Waals surface area (Å²) in [6.07, 6.45) is 0. The molecule has 1 aromatic rings. The Morgan fingerprint density at radius 3 is 2.07 bits per heavy atom. The zero-order chi connectivity index (χ0) is 11.1. The van der Waals surface area contributed by atoms with Gasteiger partial charge in [0.1, 0.15) is 0 Å².